The summed E-state index contributed by atoms with van der Waals surface area (Å²) in [6, 6.07) is 13.5. The fourth-order valence-electron chi connectivity index (χ4n) is 3.28. The van der Waals surface area contributed by atoms with Crippen LogP contribution in [0.1, 0.15) is 29.4 Å². The normalized spacial score (nSPS) is 17.1. The topological polar surface area (TPSA) is 59.2 Å². The first-order chi connectivity index (χ1) is 12.5. The van der Waals surface area contributed by atoms with Gasteiger partial charge in [0.15, 0.2) is 0 Å². The molecule has 2 aromatic carbocycles. The maximum Gasteiger partial charge on any atom is 0.232 e. The first-order valence-corrected chi connectivity index (χ1v) is 8.86. The van der Waals surface area contributed by atoms with Crippen molar-refractivity contribution >= 4 is 23.2 Å². The predicted octanol–water partition coefficient (Wildman–Crippen LogP) is 4.53. The molecule has 1 saturated heterocycles. The number of rotatable bonds is 3. The van der Waals surface area contributed by atoms with Gasteiger partial charge in [0.2, 0.25) is 17.6 Å². The average molecular weight is 368 g/mol. The first kappa shape index (κ1) is 16.8. The fraction of sp³-hybridized carbons (Fsp3) is 0.250. The van der Waals surface area contributed by atoms with Gasteiger partial charge in [-0.1, -0.05) is 46.6 Å². The van der Waals surface area contributed by atoms with E-state index in [1.165, 1.54) is 0 Å². The minimum absolute atomic E-state index is 0.0377. The van der Waals surface area contributed by atoms with Crippen molar-refractivity contribution in [1.29, 1.82) is 0 Å². The standard InChI is InChI=1S/C20H18ClN3O2/c1-12-4-3-5-14(8-12)19-22-20(26-23-19)15-9-18(25)24(11-15)17-10-16(21)7-6-13(17)2/h3-8,10,15H,9,11H2,1-2H3. The Morgan fingerprint density at radius 3 is 2.85 bits per heavy atom. The summed E-state index contributed by atoms with van der Waals surface area (Å²) < 4.78 is 5.46. The van der Waals surface area contributed by atoms with Crippen LogP contribution >= 0.6 is 11.6 Å². The molecule has 1 aliphatic rings. The second-order valence-electron chi connectivity index (χ2n) is 6.66. The minimum Gasteiger partial charge on any atom is -0.339 e. The van der Waals surface area contributed by atoms with Crippen LogP contribution in [-0.2, 0) is 4.79 Å². The highest BCUT2D eigenvalue weighted by Gasteiger charge is 2.35. The molecule has 1 atom stereocenters. The van der Waals surface area contributed by atoms with Crippen LogP contribution in [0.5, 0.6) is 0 Å². The Morgan fingerprint density at radius 1 is 1.19 bits per heavy atom. The Hall–Kier alpha value is -2.66. The van der Waals surface area contributed by atoms with Gasteiger partial charge >= 0.3 is 0 Å². The van der Waals surface area contributed by atoms with Crippen LogP contribution in [0.2, 0.25) is 5.02 Å². The summed E-state index contributed by atoms with van der Waals surface area (Å²) in [4.78, 5) is 18.8. The molecule has 0 bridgehead atoms. The molecule has 0 spiro atoms. The van der Waals surface area contributed by atoms with E-state index in [-0.39, 0.29) is 11.8 Å². The molecule has 1 aliphatic heterocycles. The number of aryl methyl sites for hydroxylation is 2. The maximum atomic E-state index is 12.5. The van der Waals surface area contributed by atoms with E-state index in [0.29, 0.717) is 29.7 Å². The van der Waals surface area contributed by atoms with E-state index in [0.717, 1.165) is 22.4 Å². The average Bonchev–Trinajstić information content (AvgIpc) is 3.24. The molecule has 0 N–H and O–H groups in total. The van der Waals surface area contributed by atoms with Gasteiger partial charge in [-0.15, -0.1) is 0 Å². The van der Waals surface area contributed by atoms with E-state index < -0.39 is 0 Å². The van der Waals surface area contributed by atoms with E-state index >= 15 is 0 Å². The maximum absolute atomic E-state index is 12.5. The summed E-state index contributed by atoms with van der Waals surface area (Å²) in [5, 5.41) is 4.70. The van der Waals surface area contributed by atoms with Crippen molar-refractivity contribution in [3.05, 3.63) is 64.5 Å². The second-order valence-corrected chi connectivity index (χ2v) is 7.10. The van der Waals surface area contributed by atoms with E-state index in [1.807, 2.05) is 56.3 Å². The van der Waals surface area contributed by atoms with Crippen molar-refractivity contribution in [3.63, 3.8) is 0 Å². The van der Waals surface area contributed by atoms with Gasteiger partial charge in [-0.2, -0.15) is 4.98 Å². The quantitative estimate of drug-likeness (QED) is 0.682. The zero-order valence-corrected chi connectivity index (χ0v) is 15.3. The van der Waals surface area contributed by atoms with Crippen LogP contribution in [0.15, 0.2) is 47.0 Å². The molecular weight excluding hydrogens is 350 g/mol. The highest BCUT2D eigenvalue weighted by atomic mass is 35.5. The molecule has 2 heterocycles. The van der Waals surface area contributed by atoms with E-state index in [1.54, 1.807) is 4.90 Å². The number of hydrogen-bond donors (Lipinski definition) is 0. The van der Waals surface area contributed by atoms with Gasteiger partial charge in [0, 0.05) is 29.2 Å². The molecule has 1 amide bonds. The Morgan fingerprint density at radius 2 is 2.04 bits per heavy atom. The number of aromatic nitrogens is 2. The molecule has 1 aromatic heterocycles. The molecule has 1 fully saturated rings. The van der Waals surface area contributed by atoms with Gasteiger partial charge in [0.05, 0.1) is 5.92 Å². The third-order valence-electron chi connectivity index (χ3n) is 4.65. The Labute approximate surface area is 156 Å². The minimum atomic E-state index is -0.119. The summed E-state index contributed by atoms with van der Waals surface area (Å²) in [6.07, 6.45) is 0.349. The van der Waals surface area contributed by atoms with Gasteiger partial charge in [-0.05, 0) is 37.6 Å². The summed E-state index contributed by atoms with van der Waals surface area (Å²) in [6.45, 7) is 4.50. The van der Waals surface area contributed by atoms with Gasteiger partial charge in [0.25, 0.3) is 0 Å². The number of halogens is 1. The number of carbonyl (C=O) groups is 1. The molecule has 0 radical (unpaired) electrons. The third kappa shape index (κ3) is 3.10. The largest absolute Gasteiger partial charge is 0.339 e. The van der Waals surface area contributed by atoms with Gasteiger partial charge in [-0.25, -0.2) is 0 Å². The molecule has 5 nitrogen and oxygen atoms in total. The summed E-state index contributed by atoms with van der Waals surface area (Å²) in [5.74, 6) is 0.966. The van der Waals surface area contributed by atoms with Crippen LogP contribution < -0.4 is 4.90 Å². The Bertz CT molecular complexity index is 983. The summed E-state index contributed by atoms with van der Waals surface area (Å²) in [7, 11) is 0. The van der Waals surface area contributed by atoms with Crippen LogP contribution in [0, 0.1) is 13.8 Å². The molecule has 4 rings (SSSR count). The lowest BCUT2D eigenvalue weighted by Gasteiger charge is -2.18. The Balaban J connectivity index is 1.59. The Kier molecular flexibility index (Phi) is 4.24. The number of amides is 1. The lowest BCUT2D eigenvalue weighted by Crippen LogP contribution is -2.25. The van der Waals surface area contributed by atoms with Crippen LogP contribution in [0.25, 0.3) is 11.4 Å². The number of carbonyl (C=O) groups excluding carboxylic acids is 1. The van der Waals surface area contributed by atoms with Crippen molar-refractivity contribution in [2.75, 3.05) is 11.4 Å². The highest BCUT2D eigenvalue weighted by Crippen LogP contribution is 2.34. The van der Waals surface area contributed by atoms with Crippen LogP contribution in [0.3, 0.4) is 0 Å². The van der Waals surface area contributed by atoms with Crippen LogP contribution in [-0.4, -0.2) is 22.6 Å². The van der Waals surface area contributed by atoms with Crippen molar-refractivity contribution in [3.8, 4) is 11.4 Å². The van der Waals surface area contributed by atoms with Gasteiger partial charge in [0.1, 0.15) is 0 Å². The van der Waals surface area contributed by atoms with Crippen molar-refractivity contribution < 1.29 is 9.32 Å². The van der Waals surface area contributed by atoms with E-state index in [2.05, 4.69) is 10.1 Å². The number of hydrogen-bond acceptors (Lipinski definition) is 4. The SMILES string of the molecule is Cc1cccc(-c2noc(C3CC(=O)N(c4cc(Cl)ccc4C)C3)n2)c1. The highest BCUT2D eigenvalue weighted by molar-refractivity contribution is 6.31. The van der Waals surface area contributed by atoms with Crippen molar-refractivity contribution in [2.45, 2.75) is 26.2 Å². The molecule has 26 heavy (non-hydrogen) atoms. The van der Waals surface area contributed by atoms with E-state index in [9.17, 15) is 4.79 Å². The molecule has 132 valence electrons. The monoisotopic (exact) mass is 367 g/mol. The molecule has 3 aromatic rings. The zero-order valence-electron chi connectivity index (χ0n) is 14.6. The third-order valence-corrected chi connectivity index (χ3v) is 4.89. The summed E-state index contributed by atoms with van der Waals surface area (Å²) >= 11 is 6.10. The second kappa shape index (κ2) is 6.57. The smallest absolute Gasteiger partial charge is 0.232 e. The van der Waals surface area contributed by atoms with Gasteiger partial charge in [-0.3, -0.25) is 4.79 Å². The lowest BCUT2D eigenvalue weighted by atomic mass is 10.1. The molecule has 6 heteroatoms. The van der Waals surface area contributed by atoms with E-state index in [4.69, 9.17) is 16.1 Å². The summed E-state index contributed by atoms with van der Waals surface area (Å²) in [5.41, 5.74) is 3.89. The number of benzene rings is 2. The van der Waals surface area contributed by atoms with Crippen molar-refractivity contribution in [2.24, 2.45) is 0 Å². The molecule has 1 unspecified atom stereocenters. The number of anilines is 1. The lowest BCUT2D eigenvalue weighted by molar-refractivity contribution is -0.117. The molecule has 0 saturated carbocycles. The molecular formula is C20H18ClN3O2. The number of nitrogens with zero attached hydrogens (tertiary/aromatic N) is 3. The van der Waals surface area contributed by atoms with Gasteiger partial charge < -0.3 is 9.42 Å². The molecule has 0 aliphatic carbocycles. The first-order valence-electron chi connectivity index (χ1n) is 8.48. The zero-order chi connectivity index (χ0) is 18.3. The fourth-order valence-corrected chi connectivity index (χ4v) is 3.45. The van der Waals surface area contributed by atoms with Crippen molar-refractivity contribution in [1.82, 2.24) is 10.1 Å². The van der Waals surface area contributed by atoms with Crippen LogP contribution in [0.4, 0.5) is 5.69 Å². The predicted molar refractivity (Wildman–Crippen MR) is 100 cm³/mol.